The molecule has 1 aliphatic carbocycles. The summed E-state index contributed by atoms with van der Waals surface area (Å²) in [6.07, 6.45) is 3.11. The van der Waals surface area contributed by atoms with Gasteiger partial charge in [0.05, 0.1) is 13.2 Å². The Labute approximate surface area is 148 Å². The molecule has 0 saturated heterocycles. The van der Waals surface area contributed by atoms with E-state index in [4.69, 9.17) is 9.26 Å². The monoisotopic (exact) mass is 343 g/mol. The first kappa shape index (κ1) is 17.5. The SMILES string of the molecule is COc1ccc([C@H](NC(=O)CCc2nc(C(C)C)no2)C2CC2)cc1. The number of carbonyl (C=O) groups excluding carboxylic acids is 1. The van der Waals surface area contributed by atoms with Crippen LogP contribution in [0.4, 0.5) is 0 Å². The fraction of sp³-hybridized carbons (Fsp3) is 0.526. The molecule has 0 spiro atoms. The van der Waals surface area contributed by atoms with Crippen LogP contribution in [0.15, 0.2) is 28.8 Å². The predicted molar refractivity (Wildman–Crippen MR) is 93.3 cm³/mol. The number of aromatic nitrogens is 2. The van der Waals surface area contributed by atoms with Gasteiger partial charge in [-0.3, -0.25) is 4.79 Å². The van der Waals surface area contributed by atoms with Gasteiger partial charge in [-0.15, -0.1) is 0 Å². The second-order valence-corrected chi connectivity index (χ2v) is 6.86. The molecule has 2 aromatic rings. The molecule has 1 N–H and O–H groups in total. The van der Waals surface area contributed by atoms with Gasteiger partial charge >= 0.3 is 0 Å². The first-order valence-corrected chi connectivity index (χ1v) is 8.82. The van der Waals surface area contributed by atoms with E-state index in [0.717, 1.165) is 24.2 Å². The van der Waals surface area contributed by atoms with Crippen LogP contribution in [0, 0.1) is 5.92 Å². The van der Waals surface area contributed by atoms with E-state index in [2.05, 4.69) is 15.5 Å². The number of carbonyl (C=O) groups is 1. The number of rotatable bonds is 8. The Hall–Kier alpha value is -2.37. The zero-order valence-electron chi connectivity index (χ0n) is 15.0. The van der Waals surface area contributed by atoms with Gasteiger partial charge in [-0.2, -0.15) is 4.98 Å². The highest BCUT2D eigenvalue weighted by atomic mass is 16.5. The molecule has 1 atom stereocenters. The summed E-state index contributed by atoms with van der Waals surface area (Å²) in [4.78, 5) is 16.7. The van der Waals surface area contributed by atoms with Crippen molar-refractivity contribution in [2.75, 3.05) is 7.11 Å². The zero-order chi connectivity index (χ0) is 17.8. The topological polar surface area (TPSA) is 77.2 Å². The smallest absolute Gasteiger partial charge is 0.227 e. The third-order valence-corrected chi connectivity index (χ3v) is 4.45. The summed E-state index contributed by atoms with van der Waals surface area (Å²) in [5.41, 5.74) is 1.12. The Balaban J connectivity index is 1.57. The van der Waals surface area contributed by atoms with Gasteiger partial charge in [0.25, 0.3) is 0 Å². The van der Waals surface area contributed by atoms with Crippen molar-refractivity contribution in [3.05, 3.63) is 41.5 Å². The van der Waals surface area contributed by atoms with Crippen LogP contribution in [-0.2, 0) is 11.2 Å². The van der Waals surface area contributed by atoms with Gasteiger partial charge in [0.1, 0.15) is 5.75 Å². The number of methoxy groups -OCH3 is 1. The number of ether oxygens (including phenoxy) is 1. The fourth-order valence-electron chi connectivity index (χ4n) is 2.78. The van der Waals surface area contributed by atoms with Gasteiger partial charge in [0, 0.05) is 18.8 Å². The molecule has 1 heterocycles. The second-order valence-electron chi connectivity index (χ2n) is 6.86. The molecule has 1 amide bonds. The van der Waals surface area contributed by atoms with Crippen molar-refractivity contribution < 1.29 is 14.1 Å². The van der Waals surface area contributed by atoms with Crippen molar-refractivity contribution in [3.8, 4) is 5.75 Å². The average molecular weight is 343 g/mol. The lowest BCUT2D eigenvalue weighted by atomic mass is 10.0. The first-order chi connectivity index (χ1) is 12.1. The number of nitrogens with one attached hydrogen (secondary N) is 1. The quantitative estimate of drug-likeness (QED) is 0.795. The van der Waals surface area contributed by atoms with Crippen molar-refractivity contribution in [1.29, 1.82) is 0 Å². The predicted octanol–water partition coefficient (Wildman–Crippen LogP) is 3.40. The van der Waals surface area contributed by atoms with Crippen molar-refractivity contribution in [2.45, 2.75) is 51.5 Å². The molecular weight excluding hydrogens is 318 g/mol. The standard InChI is InChI=1S/C19H25N3O3/c1-12(2)19-21-17(25-22-19)11-10-16(23)20-18(13-4-5-13)14-6-8-15(24-3)9-7-14/h6-9,12-13,18H,4-5,10-11H2,1-3H3,(H,20,23)/t18-/m1/s1. The molecule has 1 aromatic heterocycles. The molecule has 1 aliphatic rings. The van der Waals surface area contributed by atoms with Gasteiger partial charge in [0.15, 0.2) is 5.82 Å². The van der Waals surface area contributed by atoms with Gasteiger partial charge in [-0.1, -0.05) is 31.1 Å². The largest absolute Gasteiger partial charge is 0.497 e. The summed E-state index contributed by atoms with van der Waals surface area (Å²) in [6.45, 7) is 4.02. The minimum atomic E-state index is 0.0111. The van der Waals surface area contributed by atoms with Crippen molar-refractivity contribution in [1.82, 2.24) is 15.5 Å². The minimum Gasteiger partial charge on any atom is -0.497 e. The molecule has 1 saturated carbocycles. The van der Waals surface area contributed by atoms with E-state index in [9.17, 15) is 4.79 Å². The fourth-order valence-corrected chi connectivity index (χ4v) is 2.78. The van der Waals surface area contributed by atoms with Gasteiger partial charge < -0.3 is 14.6 Å². The number of benzene rings is 1. The lowest BCUT2D eigenvalue weighted by Gasteiger charge is -2.19. The third kappa shape index (κ3) is 4.59. The molecule has 134 valence electrons. The average Bonchev–Trinajstić information content (AvgIpc) is 3.34. The summed E-state index contributed by atoms with van der Waals surface area (Å²) in [7, 11) is 1.65. The maximum Gasteiger partial charge on any atom is 0.227 e. The van der Waals surface area contributed by atoms with E-state index in [-0.39, 0.29) is 17.9 Å². The Morgan fingerprint density at radius 3 is 2.60 bits per heavy atom. The van der Waals surface area contributed by atoms with Crippen LogP contribution in [0.5, 0.6) is 5.75 Å². The molecular formula is C19H25N3O3. The van der Waals surface area contributed by atoms with Crippen LogP contribution < -0.4 is 10.1 Å². The van der Waals surface area contributed by atoms with E-state index < -0.39 is 0 Å². The normalized spacial score (nSPS) is 15.2. The van der Waals surface area contributed by atoms with Crippen molar-refractivity contribution in [2.24, 2.45) is 5.92 Å². The molecule has 0 unspecified atom stereocenters. The maximum atomic E-state index is 12.4. The molecule has 6 nitrogen and oxygen atoms in total. The van der Waals surface area contributed by atoms with E-state index >= 15 is 0 Å². The number of hydrogen-bond donors (Lipinski definition) is 1. The summed E-state index contributed by atoms with van der Waals surface area (Å²) in [5.74, 6) is 2.78. The Morgan fingerprint density at radius 1 is 1.32 bits per heavy atom. The molecule has 25 heavy (non-hydrogen) atoms. The summed E-state index contributed by atoms with van der Waals surface area (Å²) >= 11 is 0. The van der Waals surface area contributed by atoms with Gasteiger partial charge in [0.2, 0.25) is 11.8 Å². The van der Waals surface area contributed by atoms with Crippen LogP contribution in [0.1, 0.15) is 62.3 Å². The number of nitrogens with zero attached hydrogens (tertiary/aromatic N) is 2. The first-order valence-electron chi connectivity index (χ1n) is 8.82. The van der Waals surface area contributed by atoms with Gasteiger partial charge in [-0.05, 0) is 36.5 Å². The molecule has 0 bridgehead atoms. The molecule has 3 rings (SSSR count). The Morgan fingerprint density at radius 2 is 2.04 bits per heavy atom. The lowest BCUT2D eigenvalue weighted by Crippen LogP contribution is -2.30. The Kier molecular flexibility index (Phi) is 5.36. The summed E-state index contributed by atoms with van der Waals surface area (Å²) in [6, 6.07) is 7.97. The van der Waals surface area contributed by atoms with Crippen LogP contribution in [0.2, 0.25) is 0 Å². The van der Waals surface area contributed by atoms with Crippen molar-refractivity contribution >= 4 is 5.91 Å². The van der Waals surface area contributed by atoms with Crippen LogP contribution >= 0.6 is 0 Å². The van der Waals surface area contributed by atoms with Crippen LogP contribution in [0.3, 0.4) is 0 Å². The highest BCUT2D eigenvalue weighted by Gasteiger charge is 2.33. The van der Waals surface area contributed by atoms with E-state index in [1.54, 1.807) is 7.11 Å². The highest BCUT2D eigenvalue weighted by molar-refractivity contribution is 5.76. The van der Waals surface area contributed by atoms with E-state index in [1.807, 2.05) is 38.1 Å². The number of hydrogen-bond acceptors (Lipinski definition) is 5. The van der Waals surface area contributed by atoms with Crippen LogP contribution in [-0.4, -0.2) is 23.2 Å². The van der Waals surface area contributed by atoms with E-state index in [1.165, 1.54) is 0 Å². The second kappa shape index (κ2) is 7.68. The Bertz CT molecular complexity index is 705. The molecule has 1 aromatic carbocycles. The third-order valence-electron chi connectivity index (χ3n) is 4.45. The summed E-state index contributed by atoms with van der Waals surface area (Å²) < 4.78 is 10.4. The maximum absolute atomic E-state index is 12.4. The number of amides is 1. The van der Waals surface area contributed by atoms with E-state index in [0.29, 0.717) is 30.5 Å². The molecule has 1 fully saturated rings. The zero-order valence-corrected chi connectivity index (χ0v) is 15.0. The lowest BCUT2D eigenvalue weighted by molar-refractivity contribution is -0.122. The van der Waals surface area contributed by atoms with Crippen LogP contribution in [0.25, 0.3) is 0 Å². The van der Waals surface area contributed by atoms with Crippen molar-refractivity contribution in [3.63, 3.8) is 0 Å². The number of aryl methyl sites for hydroxylation is 1. The minimum absolute atomic E-state index is 0.0111. The highest BCUT2D eigenvalue weighted by Crippen LogP contribution is 2.41. The molecule has 0 aliphatic heterocycles. The molecule has 6 heteroatoms. The summed E-state index contributed by atoms with van der Waals surface area (Å²) in [5, 5.41) is 7.09. The molecule has 0 radical (unpaired) electrons. The van der Waals surface area contributed by atoms with Gasteiger partial charge in [-0.25, -0.2) is 0 Å².